The van der Waals surface area contributed by atoms with Crippen LogP contribution in [-0.4, -0.2) is 52.3 Å². The molecule has 0 fully saturated rings. The van der Waals surface area contributed by atoms with Gasteiger partial charge in [-0.25, -0.2) is 0 Å². The molecular weight excluding hydrogens is 284 g/mol. The monoisotopic (exact) mass is 308 g/mol. The lowest BCUT2D eigenvalue weighted by molar-refractivity contribution is 0.0914. The highest BCUT2D eigenvalue weighted by Gasteiger charge is 2.15. The van der Waals surface area contributed by atoms with E-state index in [-0.39, 0.29) is 11.8 Å². The number of methoxy groups -OCH3 is 2. The van der Waals surface area contributed by atoms with Gasteiger partial charge in [-0.05, 0) is 25.0 Å². The molecule has 1 rings (SSSR count). The van der Waals surface area contributed by atoms with Gasteiger partial charge in [0.15, 0.2) is 0 Å². The van der Waals surface area contributed by atoms with Crippen molar-refractivity contribution in [2.75, 3.05) is 40.5 Å². The highest BCUT2D eigenvalue weighted by Crippen LogP contribution is 2.08. The zero-order chi connectivity index (χ0) is 16.2. The number of carbonyl (C=O) groups is 2. The van der Waals surface area contributed by atoms with Gasteiger partial charge in [0.05, 0.1) is 11.1 Å². The van der Waals surface area contributed by atoms with Gasteiger partial charge in [-0.1, -0.05) is 12.1 Å². The third-order valence-electron chi connectivity index (χ3n) is 3.04. The van der Waals surface area contributed by atoms with E-state index in [1.165, 1.54) is 0 Å². The van der Waals surface area contributed by atoms with E-state index in [4.69, 9.17) is 9.47 Å². The predicted octanol–water partition coefficient (Wildman–Crippen LogP) is 1.22. The zero-order valence-electron chi connectivity index (χ0n) is 13.2. The van der Waals surface area contributed by atoms with Crippen LogP contribution >= 0.6 is 0 Å². The van der Waals surface area contributed by atoms with E-state index in [0.717, 1.165) is 12.8 Å². The Hall–Kier alpha value is -1.92. The van der Waals surface area contributed by atoms with E-state index in [1.54, 1.807) is 38.5 Å². The lowest BCUT2D eigenvalue weighted by Gasteiger charge is -2.10. The first-order valence-corrected chi connectivity index (χ1v) is 7.34. The topological polar surface area (TPSA) is 76.7 Å². The first-order chi connectivity index (χ1) is 10.7. The molecule has 0 atom stereocenters. The normalized spacial score (nSPS) is 10.3. The second-order valence-corrected chi connectivity index (χ2v) is 4.75. The maximum absolute atomic E-state index is 12.2. The minimum absolute atomic E-state index is 0.251. The van der Waals surface area contributed by atoms with E-state index >= 15 is 0 Å². The molecular formula is C16H24N2O4. The van der Waals surface area contributed by atoms with E-state index in [0.29, 0.717) is 37.4 Å². The molecule has 22 heavy (non-hydrogen) atoms. The van der Waals surface area contributed by atoms with E-state index in [9.17, 15) is 9.59 Å². The van der Waals surface area contributed by atoms with Crippen molar-refractivity contribution in [2.24, 2.45) is 0 Å². The molecule has 0 aliphatic carbocycles. The van der Waals surface area contributed by atoms with E-state index in [2.05, 4.69) is 10.6 Å². The van der Waals surface area contributed by atoms with Crippen LogP contribution in [0.2, 0.25) is 0 Å². The Morgan fingerprint density at radius 2 is 1.27 bits per heavy atom. The lowest BCUT2D eigenvalue weighted by atomic mass is 10.1. The van der Waals surface area contributed by atoms with Crippen molar-refractivity contribution in [3.63, 3.8) is 0 Å². The number of benzene rings is 1. The van der Waals surface area contributed by atoms with Gasteiger partial charge in [-0.15, -0.1) is 0 Å². The lowest BCUT2D eigenvalue weighted by Crippen LogP contribution is -2.30. The minimum atomic E-state index is -0.251. The van der Waals surface area contributed by atoms with Crippen LogP contribution in [0.15, 0.2) is 24.3 Å². The molecule has 0 bridgehead atoms. The zero-order valence-corrected chi connectivity index (χ0v) is 13.2. The van der Waals surface area contributed by atoms with Crippen molar-refractivity contribution >= 4 is 11.8 Å². The fourth-order valence-electron chi connectivity index (χ4n) is 1.91. The van der Waals surface area contributed by atoms with Crippen LogP contribution in [0.4, 0.5) is 0 Å². The Kier molecular flexibility index (Phi) is 8.86. The summed E-state index contributed by atoms with van der Waals surface area (Å²) >= 11 is 0. The summed E-state index contributed by atoms with van der Waals surface area (Å²) in [6, 6.07) is 6.78. The molecule has 0 heterocycles. The van der Waals surface area contributed by atoms with E-state index < -0.39 is 0 Å². The molecule has 1 aromatic rings. The standard InChI is InChI=1S/C16H24N2O4/c1-21-11-5-9-17-15(19)13-7-3-4-8-14(13)16(20)18-10-6-12-22-2/h3-4,7-8H,5-6,9-12H2,1-2H3,(H,17,19)(H,18,20). The van der Waals surface area contributed by atoms with Crippen LogP contribution in [-0.2, 0) is 9.47 Å². The molecule has 0 radical (unpaired) electrons. The summed E-state index contributed by atoms with van der Waals surface area (Å²) in [5.41, 5.74) is 0.758. The Balaban J connectivity index is 2.60. The second-order valence-electron chi connectivity index (χ2n) is 4.75. The number of hydrogen-bond acceptors (Lipinski definition) is 4. The smallest absolute Gasteiger partial charge is 0.252 e. The summed E-state index contributed by atoms with van der Waals surface area (Å²) in [5, 5.41) is 5.57. The number of carbonyl (C=O) groups excluding carboxylic acids is 2. The van der Waals surface area contributed by atoms with Crippen LogP contribution in [0.5, 0.6) is 0 Å². The fraction of sp³-hybridized carbons (Fsp3) is 0.500. The largest absolute Gasteiger partial charge is 0.385 e. The van der Waals surface area contributed by atoms with Gasteiger partial charge in [-0.2, -0.15) is 0 Å². The summed E-state index contributed by atoms with van der Waals surface area (Å²) < 4.78 is 9.86. The highest BCUT2D eigenvalue weighted by molar-refractivity contribution is 6.07. The molecule has 0 spiro atoms. The van der Waals surface area contributed by atoms with Crippen molar-refractivity contribution in [1.82, 2.24) is 10.6 Å². The SMILES string of the molecule is COCCCNC(=O)c1ccccc1C(=O)NCCCOC. The number of nitrogens with one attached hydrogen (secondary N) is 2. The van der Waals surface area contributed by atoms with Gasteiger partial charge in [0.25, 0.3) is 11.8 Å². The van der Waals surface area contributed by atoms with E-state index in [1.807, 2.05) is 0 Å². The second kappa shape index (κ2) is 10.8. The van der Waals surface area contributed by atoms with Gasteiger partial charge < -0.3 is 20.1 Å². The average Bonchev–Trinajstić information content (AvgIpc) is 2.55. The maximum Gasteiger partial charge on any atom is 0.252 e. The number of hydrogen-bond donors (Lipinski definition) is 2. The van der Waals surface area contributed by atoms with Gasteiger partial charge in [-0.3, -0.25) is 9.59 Å². The minimum Gasteiger partial charge on any atom is -0.385 e. The van der Waals surface area contributed by atoms with Crippen molar-refractivity contribution in [3.8, 4) is 0 Å². The summed E-state index contributed by atoms with van der Waals surface area (Å²) in [6.07, 6.45) is 1.46. The summed E-state index contributed by atoms with van der Waals surface area (Å²) in [5.74, 6) is -0.502. The Morgan fingerprint density at radius 3 is 1.64 bits per heavy atom. The molecule has 0 aliphatic rings. The summed E-state index contributed by atoms with van der Waals surface area (Å²) in [7, 11) is 3.23. The van der Waals surface area contributed by atoms with Gasteiger partial charge in [0, 0.05) is 40.5 Å². The van der Waals surface area contributed by atoms with Crippen molar-refractivity contribution in [1.29, 1.82) is 0 Å². The Morgan fingerprint density at radius 1 is 0.864 bits per heavy atom. The van der Waals surface area contributed by atoms with Crippen molar-refractivity contribution < 1.29 is 19.1 Å². The third kappa shape index (κ3) is 6.24. The van der Waals surface area contributed by atoms with Crippen LogP contribution in [0, 0.1) is 0 Å². The molecule has 6 heteroatoms. The third-order valence-corrected chi connectivity index (χ3v) is 3.04. The fourth-order valence-corrected chi connectivity index (χ4v) is 1.91. The van der Waals surface area contributed by atoms with Crippen LogP contribution in [0.1, 0.15) is 33.6 Å². The molecule has 0 unspecified atom stereocenters. The maximum atomic E-state index is 12.2. The van der Waals surface area contributed by atoms with Crippen LogP contribution in [0.3, 0.4) is 0 Å². The Bertz CT molecular complexity index is 434. The molecule has 0 saturated heterocycles. The summed E-state index contributed by atoms with van der Waals surface area (Å²) in [6.45, 7) is 2.19. The van der Waals surface area contributed by atoms with Crippen molar-refractivity contribution in [3.05, 3.63) is 35.4 Å². The van der Waals surface area contributed by atoms with Gasteiger partial charge >= 0.3 is 0 Å². The molecule has 0 aromatic heterocycles. The average molecular weight is 308 g/mol. The van der Waals surface area contributed by atoms with Gasteiger partial charge in [0.2, 0.25) is 0 Å². The molecule has 0 aliphatic heterocycles. The van der Waals surface area contributed by atoms with Crippen LogP contribution in [0.25, 0.3) is 0 Å². The first kappa shape index (κ1) is 18.1. The molecule has 2 N–H and O–H groups in total. The molecule has 1 aromatic carbocycles. The molecule has 2 amide bonds. The Labute approximate surface area is 131 Å². The summed E-state index contributed by atoms with van der Waals surface area (Å²) in [4.78, 5) is 24.3. The van der Waals surface area contributed by atoms with Crippen molar-refractivity contribution in [2.45, 2.75) is 12.8 Å². The first-order valence-electron chi connectivity index (χ1n) is 7.34. The predicted molar refractivity (Wildman–Crippen MR) is 84.1 cm³/mol. The highest BCUT2D eigenvalue weighted by atomic mass is 16.5. The number of rotatable bonds is 10. The molecule has 6 nitrogen and oxygen atoms in total. The van der Waals surface area contributed by atoms with Gasteiger partial charge in [0.1, 0.15) is 0 Å². The molecule has 0 saturated carbocycles. The molecule has 122 valence electrons. The van der Waals surface area contributed by atoms with Crippen LogP contribution < -0.4 is 10.6 Å². The quantitative estimate of drug-likeness (QED) is 0.637. The number of ether oxygens (including phenoxy) is 2. The number of amides is 2.